The summed E-state index contributed by atoms with van der Waals surface area (Å²) in [5.74, 6) is -0.572. The molecule has 1 aliphatic heterocycles. The number of halogens is 3. The van der Waals surface area contributed by atoms with Gasteiger partial charge in [-0.05, 0) is 40.7 Å². The molecule has 1 amide bonds. The quantitative estimate of drug-likeness (QED) is 0.160. The van der Waals surface area contributed by atoms with E-state index >= 15 is 0 Å². The van der Waals surface area contributed by atoms with Gasteiger partial charge < -0.3 is 19.9 Å². The highest BCUT2D eigenvalue weighted by atomic mass is 35.6. The Hall–Kier alpha value is -2.42. The molecule has 4 atom stereocenters. The second kappa shape index (κ2) is 15.4. The molecule has 0 aromatic heterocycles. The van der Waals surface area contributed by atoms with Crippen LogP contribution in [0.5, 0.6) is 0 Å². The van der Waals surface area contributed by atoms with E-state index < -0.39 is 16.0 Å². The number of rotatable bonds is 11. The molecule has 4 unspecified atom stereocenters. The highest BCUT2D eigenvalue weighted by molar-refractivity contribution is 6.76. The number of ether oxygens (including phenoxy) is 2. The maximum atomic E-state index is 12.1. The molecule has 3 aromatic carbocycles. The van der Waals surface area contributed by atoms with Crippen LogP contribution >= 0.6 is 34.8 Å². The van der Waals surface area contributed by atoms with E-state index in [1.807, 2.05) is 78.9 Å². The fraction of sp³-hybridized carbons (Fsp3) is 0.417. The molecule has 0 spiro atoms. The Morgan fingerprint density at radius 3 is 2.31 bits per heavy atom. The zero-order valence-corrected chi connectivity index (χ0v) is 27.8. The third-order valence-electron chi connectivity index (χ3n) is 8.95. The van der Waals surface area contributed by atoms with Crippen molar-refractivity contribution in [2.45, 2.75) is 74.1 Å². The summed E-state index contributed by atoms with van der Waals surface area (Å²) in [6, 6.07) is 24.5. The fourth-order valence-corrected chi connectivity index (χ4v) is 6.62. The molecule has 2 fully saturated rings. The molecule has 2 N–H and O–H groups in total. The van der Waals surface area contributed by atoms with E-state index in [4.69, 9.17) is 44.3 Å². The number of amides is 1. The Kier molecular flexibility index (Phi) is 11.6. The first kappa shape index (κ1) is 33.9. The SMILES string of the molecule is C=CCN(CC1OC(c2ccc(-c3ccccc3CNC(=O)C(Cl)(Cl)Cl)cc2)OC(c2ccc(CO)cc2)C1C)C1CCCC1. The van der Waals surface area contributed by atoms with Crippen molar-refractivity contribution in [1.29, 1.82) is 0 Å². The zero-order chi connectivity index (χ0) is 32.0. The van der Waals surface area contributed by atoms with Crippen molar-refractivity contribution in [2.24, 2.45) is 5.92 Å². The number of aliphatic hydroxyl groups excluding tert-OH is 1. The monoisotopic (exact) mass is 670 g/mol. The maximum absolute atomic E-state index is 12.1. The van der Waals surface area contributed by atoms with Crippen LogP contribution in [0.1, 0.15) is 67.3 Å². The molecule has 1 heterocycles. The van der Waals surface area contributed by atoms with Crippen molar-refractivity contribution in [3.63, 3.8) is 0 Å². The lowest BCUT2D eigenvalue weighted by Gasteiger charge is -2.43. The topological polar surface area (TPSA) is 71.0 Å². The summed E-state index contributed by atoms with van der Waals surface area (Å²) in [7, 11) is 0. The summed E-state index contributed by atoms with van der Waals surface area (Å²) in [6.07, 6.45) is 6.13. The van der Waals surface area contributed by atoms with E-state index in [0.29, 0.717) is 6.04 Å². The molecule has 0 bridgehead atoms. The van der Waals surface area contributed by atoms with Crippen LogP contribution in [0.4, 0.5) is 0 Å². The van der Waals surface area contributed by atoms with Crippen LogP contribution in [-0.2, 0) is 27.4 Å². The Morgan fingerprint density at radius 2 is 1.67 bits per heavy atom. The van der Waals surface area contributed by atoms with Crippen LogP contribution in [0, 0.1) is 5.92 Å². The number of hydrogen-bond acceptors (Lipinski definition) is 5. The van der Waals surface area contributed by atoms with Gasteiger partial charge in [0, 0.05) is 37.2 Å². The first-order valence-corrected chi connectivity index (χ1v) is 16.7. The van der Waals surface area contributed by atoms with Gasteiger partial charge in [0.2, 0.25) is 0 Å². The molecule has 3 aromatic rings. The highest BCUT2D eigenvalue weighted by Crippen LogP contribution is 2.42. The first-order valence-electron chi connectivity index (χ1n) is 15.6. The number of aliphatic hydroxyl groups is 1. The van der Waals surface area contributed by atoms with Gasteiger partial charge in [0.15, 0.2) is 6.29 Å². The van der Waals surface area contributed by atoms with Gasteiger partial charge in [-0.1, -0.05) is 133 Å². The van der Waals surface area contributed by atoms with Gasteiger partial charge in [-0.15, -0.1) is 6.58 Å². The number of carbonyl (C=O) groups excluding carboxylic acids is 1. The van der Waals surface area contributed by atoms with Gasteiger partial charge in [0.05, 0.1) is 18.8 Å². The molecule has 5 rings (SSSR count). The minimum Gasteiger partial charge on any atom is -0.392 e. The molecule has 0 radical (unpaired) electrons. The molecule has 1 saturated carbocycles. The van der Waals surface area contributed by atoms with E-state index in [-0.39, 0.29) is 31.3 Å². The Bertz CT molecular complexity index is 1420. The predicted molar refractivity (Wildman–Crippen MR) is 181 cm³/mol. The summed E-state index contributed by atoms with van der Waals surface area (Å²) < 4.78 is 11.4. The van der Waals surface area contributed by atoms with E-state index in [1.165, 1.54) is 25.7 Å². The number of alkyl halides is 3. The van der Waals surface area contributed by atoms with E-state index in [1.54, 1.807) is 0 Å². The van der Waals surface area contributed by atoms with Gasteiger partial charge in [-0.3, -0.25) is 9.69 Å². The van der Waals surface area contributed by atoms with Crippen LogP contribution in [0.2, 0.25) is 0 Å². The van der Waals surface area contributed by atoms with Gasteiger partial charge in [-0.25, -0.2) is 0 Å². The van der Waals surface area contributed by atoms with Crippen LogP contribution in [0.3, 0.4) is 0 Å². The van der Waals surface area contributed by atoms with Crippen molar-refractivity contribution >= 4 is 40.7 Å². The molecular weight excluding hydrogens is 631 g/mol. The lowest BCUT2D eigenvalue weighted by Crippen LogP contribution is -2.47. The summed E-state index contributed by atoms with van der Waals surface area (Å²) in [5.41, 5.74) is 5.69. The van der Waals surface area contributed by atoms with Crippen molar-refractivity contribution in [3.8, 4) is 11.1 Å². The summed E-state index contributed by atoms with van der Waals surface area (Å²) in [6.45, 7) is 8.08. The lowest BCUT2D eigenvalue weighted by atomic mass is 9.89. The van der Waals surface area contributed by atoms with Gasteiger partial charge in [-0.2, -0.15) is 0 Å². The summed E-state index contributed by atoms with van der Waals surface area (Å²) >= 11 is 17.2. The minimum atomic E-state index is -2.02. The van der Waals surface area contributed by atoms with E-state index in [0.717, 1.165) is 46.5 Å². The standard InChI is InChI=1S/C36H41Cl3N2O4/c1-3-20-41(30-9-5-6-10-30)22-32-24(2)33(27-14-12-25(23-42)13-15-27)45-34(44-32)28-18-16-26(17-19-28)31-11-7-4-8-29(31)21-40-35(43)36(37,38)39/h3-4,7-8,11-19,24,30,32-34,42H,1,5-6,9-10,20-23H2,2H3,(H,40,43). The van der Waals surface area contributed by atoms with Gasteiger partial charge >= 0.3 is 0 Å². The van der Waals surface area contributed by atoms with Crippen LogP contribution < -0.4 is 5.32 Å². The van der Waals surface area contributed by atoms with Crippen molar-refractivity contribution in [2.75, 3.05) is 13.1 Å². The second-order valence-corrected chi connectivity index (χ2v) is 14.2. The van der Waals surface area contributed by atoms with Crippen molar-refractivity contribution in [3.05, 3.63) is 108 Å². The number of nitrogens with one attached hydrogen (secondary N) is 1. The maximum Gasteiger partial charge on any atom is 0.272 e. The smallest absolute Gasteiger partial charge is 0.272 e. The van der Waals surface area contributed by atoms with Crippen LogP contribution in [0.15, 0.2) is 85.5 Å². The van der Waals surface area contributed by atoms with Crippen LogP contribution in [0.25, 0.3) is 11.1 Å². The molecule has 6 nitrogen and oxygen atoms in total. The molecule has 1 aliphatic carbocycles. The van der Waals surface area contributed by atoms with Crippen molar-refractivity contribution < 1.29 is 19.4 Å². The largest absolute Gasteiger partial charge is 0.392 e. The third kappa shape index (κ3) is 8.49. The van der Waals surface area contributed by atoms with Crippen LogP contribution in [-0.4, -0.2) is 44.9 Å². The lowest BCUT2D eigenvalue weighted by molar-refractivity contribution is -0.276. The molecule has 240 valence electrons. The Labute approximate surface area is 281 Å². The van der Waals surface area contributed by atoms with E-state index in [9.17, 15) is 9.90 Å². The predicted octanol–water partition coefficient (Wildman–Crippen LogP) is 8.05. The molecule has 45 heavy (non-hydrogen) atoms. The fourth-order valence-electron chi connectivity index (χ4n) is 6.42. The zero-order valence-electron chi connectivity index (χ0n) is 25.5. The number of carbonyl (C=O) groups is 1. The summed E-state index contributed by atoms with van der Waals surface area (Å²) in [4.78, 5) is 14.7. The normalized spacial score (nSPS) is 22.4. The molecule has 9 heteroatoms. The number of benzene rings is 3. The highest BCUT2D eigenvalue weighted by Gasteiger charge is 2.40. The third-order valence-corrected chi connectivity index (χ3v) is 9.47. The Morgan fingerprint density at radius 1 is 1.00 bits per heavy atom. The van der Waals surface area contributed by atoms with Gasteiger partial charge in [0.1, 0.15) is 0 Å². The number of hydrogen-bond donors (Lipinski definition) is 2. The van der Waals surface area contributed by atoms with Crippen molar-refractivity contribution in [1.82, 2.24) is 10.2 Å². The Balaban J connectivity index is 1.39. The average Bonchev–Trinajstić information content (AvgIpc) is 3.59. The minimum absolute atomic E-state index is 0.00235. The first-order chi connectivity index (χ1) is 21.7. The molecular formula is C36H41Cl3N2O4. The average molecular weight is 672 g/mol. The second-order valence-electron chi connectivity index (χ2n) is 12.0. The number of nitrogens with zero attached hydrogens (tertiary/aromatic N) is 1. The van der Waals surface area contributed by atoms with E-state index in [2.05, 4.69) is 23.7 Å². The molecule has 2 aliphatic rings. The summed E-state index contributed by atoms with van der Waals surface area (Å²) in [5, 5.41) is 12.3. The molecule has 1 saturated heterocycles. The van der Waals surface area contributed by atoms with Gasteiger partial charge in [0.25, 0.3) is 9.70 Å².